The maximum atomic E-state index is 3.75. The summed E-state index contributed by atoms with van der Waals surface area (Å²) in [4.78, 5) is 0.266. The highest BCUT2D eigenvalue weighted by atomic mass is 79.9. The van der Waals surface area contributed by atoms with Gasteiger partial charge in [0.2, 0.25) is 0 Å². The smallest absolute Gasteiger partial charge is 0.0647 e. The number of hydrogen-bond donors (Lipinski definition) is 0. The molecule has 0 saturated heterocycles. The predicted octanol–water partition coefficient (Wildman–Crippen LogP) is 5.24. The van der Waals surface area contributed by atoms with Gasteiger partial charge in [-0.1, -0.05) is 68.3 Å². The van der Waals surface area contributed by atoms with Gasteiger partial charge in [0.1, 0.15) is 0 Å². The van der Waals surface area contributed by atoms with Crippen LogP contribution in [0.1, 0.15) is 21.5 Å². The monoisotopic (exact) mass is 338 g/mol. The molecule has 0 nitrogen and oxygen atoms in total. The fraction of sp³-hybridized carbons (Fsp3) is 0.143. The second-order valence-electron chi connectivity index (χ2n) is 3.77. The molecule has 0 radical (unpaired) electrons. The van der Waals surface area contributed by atoms with E-state index in [2.05, 4.69) is 81.2 Å². The van der Waals surface area contributed by atoms with Gasteiger partial charge < -0.3 is 0 Å². The Hall–Kier alpha value is -0.600. The summed E-state index contributed by atoms with van der Waals surface area (Å²) < 4.78 is 1.13. The average molecular weight is 340 g/mol. The van der Waals surface area contributed by atoms with Crippen molar-refractivity contribution in [1.29, 1.82) is 0 Å². The van der Waals surface area contributed by atoms with Crippen molar-refractivity contribution in [3.8, 4) is 0 Å². The molecule has 0 aromatic heterocycles. The Labute approximate surface area is 113 Å². The minimum atomic E-state index is 0.266. The molecule has 2 rings (SSSR count). The third-order valence-corrected chi connectivity index (χ3v) is 4.11. The SMILES string of the molecule is Cc1cc(Br)ccc1C(Br)c1ccccc1. The molecule has 0 heterocycles. The highest BCUT2D eigenvalue weighted by Gasteiger charge is 2.11. The Balaban J connectivity index is 2.38. The highest BCUT2D eigenvalue weighted by Crippen LogP contribution is 2.33. The summed E-state index contributed by atoms with van der Waals surface area (Å²) in [6.45, 7) is 2.14. The van der Waals surface area contributed by atoms with Crippen LogP contribution in [-0.4, -0.2) is 0 Å². The van der Waals surface area contributed by atoms with Crippen molar-refractivity contribution in [3.05, 3.63) is 69.7 Å². The normalized spacial score (nSPS) is 12.4. The first-order valence-corrected chi connectivity index (χ1v) is 6.84. The topological polar surface area (TPSA) is 0 Å². The minimum absolute atomic E-state index is 0.266. The Morgan fingerprint density at radius 3 is 2.31 bits per heavy atom. The lowest BCUT2D eigenvalue weighted by atomic mass is 10.0. The summed E-state index contributed by atoms with van der Waals surface area (Å²) in [5.74, 6) is 0. The van der Waals surface area contributed by atoms with E-state index in [1.54, 1.807) is 0 Å². The summed E-state index contributed by atoms with van der Waals surface area (Å²) in [5.41, 5.74) is 3.89. The minimum Gasteiger partial charge on any atom is -0.0786 e. The molecule has 0 spiro atoms. The number of hydrogen-bond acceptors (Lipinski definition) is 0. The third-order valence-electron chi connectivity index (χ3n) is 2.60. The maximum absolute atomic E-state index is 3.75. The molecule has 0 fully saturated rings. The molecule has 2 aromatic rings. The van der Waals surface area contributed by atoms with Crippen LogP contribution in [0.5, 0.6) is 0 Å². The second kappa shape index (κ2) is 5.15. The van der Waals surface area contributed by atoms with Crippen LogP contribution in [0, 0.1) is 6.92 Å². The van der Waals surface area contributed by atoms with E-state index in [-0.39, 0.29) is 4.83 Å². The van der Waals surface area contributed by atoms with Crippen LogP contribution in [0.15, 0.2) is 53.0 Å². The summed E-state index contributed by atoms with van der Waals surface area (Å²) >= 11 is 7.24. The Kier molecular flexibility index (Phi) is 3.82. The first-order chi connectivity index (χ1) is 7.68. The van der Waals surface area contributed by atoms with Gasteiger partial charge in [0.15, 0.2) is 0 Å². The summed E-state index contributed by atoms with van der Waals surface area (Å²) in [6.07, 6.45) is 0. The van der Waals surface area contributed by atoms with Crippen LogP contribution in [0.25, 0.3) is 0 Å². The van der Waals surface area contributed by atoms with E-state index in [4.69, 9.17) is 0 Å². The molecule has 0 N–H and O–H groups in total. The van der Waals surface area contributed by atoms with Crippen molar-refractivity contribution >= 4 is 31.9 Å². The molecule has 0 aliphatic rings. The molecule has 0 bridgehead atoms. The number of halogens is 2. The van der Waals surface area contributed by atoms with E-state index in [1.165, 1.54) is 16.7 Å². The second-order valence-corrected chi connectivity index (χ2v) is 5.61. The first kappa shape index (κ1) is 11.9. The average Bonchev–Trinajstić information content (AvgIpc) is 2.29. The molecule has 1 unspecified atom stereocenters. The van der Waals surface area contributed by atoms with Gasteiger partial charge in [0.05, 0.1) is 4.83 Å². The van der Waals surface area contributed by atoms with Crippen molar-refractivity contribution in [2.75, 3.05) is 0 Å². The van der Waals surface area contributed by atoms with Crippen LogP contribution >= 0.6 is 31.9 Å². The van der Waals surface area contributed by atoms with E-state index in [9.17, 15) is 0 Å². The van der Waals surface area contributed by atoms with Gasteiger partial charge in [-0.25, -0.2) is 0 Å². The van der Waals surface area contributed by atoms with Gasteiger partial charge in [-0.05, 0) is 35.7 Å². The zero-order chi connectivity index (χ0) is 11.5. The molecule has 0 saturated carbocycles. The highest BCUT2D eigenvalue weighted by molar-refractivity contribution is 9.10. The van der Waals surface area contributed by atoms with Crippen LogP contribution in [-0.2, 0) is 0 Å². The first-order valence-electron chi connectivity index (χ1n) is 5.13. The Morgan fingerprint density at radius 2 is 1.69 bits per heavy atom. The van der Waals surface area contributed by atoms with Crippen molar-refractivity contribution in [2.24, 2.45) is 0 Å². The van der Waals surface area contributed by atoms with Crippen LogP contribution in [0.3, 0.4) is 0 Å². The van der Waals surface area contributed by atoms with E-state index < -0.39 is 0 Å². The van der Waals surface area contributed by atoms with Gasteiger partial charge in [-0.15, -0.1) is 0 Å². The number of rotatable bonds is 2. The predicted molar refractivity (Wildman–Crippen MR) is 76.1 cm³/mol. The molecular weight excluding hydrogens is 328 g/mol. The lowest BCUT2D eigenvalue weighted by Gasteiger charge is -2.13. The van der Waals surface area contributed by atoms with Gasteiger partial charge in [-0.2, -0.15) is 0 Å². The van der Waals surface area contributed by atoms with Crippen LogP contribution < -0.4 is 0 Å². The van der Waals surface area contributed by atoms with Crippen molar-refractivity contribution < 1.29 is 0 Å². The van der Waals surface area contributed by atoms with Gasteiger partial charge in [0.25, 0.3) is 0 Å². The number of benzene rings is 2. The fourth-order valence-electron chi connectivity index (χ4n) is 1.73. The van der Waals surface area contributed by atoms with Crippen molar-refractivity contribution in [1.82, 2.24) is 0 Å². The molecule has 2 aromatic carbocycles. The molecule has 16 heavy (non-hydrogen) atoms. The van der Waals surface area contributed by atoms with E-state index >= 15 is 0 Å². The van der Waals surface area contributed by atoms with E-state index in [1.807, 2.05) is 6.07 Å². The van der Waals surface area contributed by atoms with Crippen molar-refractivity contribution in [3.63, 3.8) is 0 Å². The van der Waals surface area contributed by atoms with E-state index in [0.717, 1.165) is 4.47 Å². The third kappa shape index (κ3) is 2.55. The molecule has 0 aliphatic heterocycles. The van der Waals surface area contributed by atoms with E-state index in [0.29, 0.717) is 0 Å². The van der Waals surface area contributed by atoms with Crippen LogP contribution in [0.4, 0.5) is 0 Å². The lowest BCUT2D eigenvalue weighted by molar-refractivity contribution is 1.14. The molecule has 82 valence electrons. The van der Waals surface area contributed by atoms with Gasteiger partial charge in [0, 0.05) is 4.47 Å². The molecule has 0 aliphatic carbocycles. The maximum Gasteiger partial charge on any atom is 0.0647 e. The Morgan fingerprint density at radius 1 is 1.00 bits per heavy atom. The quantitative estimate of drug-likeness (QED) is 0.656. The lowest BCUT2D eigenvalue weighted by Crippen LogP contribution is -1.95. The van der Waals surface area contributed by atoms with Crippen molar-refractivity contribution in [2.45, 2.75) is 11.8 Å². The number of aryl methyl sites for hydroxylation is 1. The van der Waals surface area contributed by atoms with Gasteiger partial charge >= 0.3 is 0 Å². The molecule has 2 heteroatoms. The summed E-state index contributed by atoms with van der Waals surface area (Å²) in [7, 11) is 0. The summed E-state index contributed by atoms with van der Waals surface area (Å²) in [6, 6.07) is 16.8. The fourth-order valence-corrected chi connectivity index (χ4v) is 3.02. The zero-order valence-electron chi connectivity index (χ0n) is 8.95. The Bertz CT molecular complexity index is 477. The molecular formula is C14H12Br2. The molecule has 1 atom stereocenters. The standard InChI is InChI=1S/C14H12Br2/c1-10-9-12(15)7-8-13(10)14(16)11-5-3-2-4-6-11/h2-9,14H,1H3. The number of alkyl halides is 1. The summed E-state index contributed by atoms with van der Waals surface area (Å²) in [5, 5.41) is 0. The molecule has 0 amide bonds. The van der Waals surface area contributed by atoms with Gasteiger partial charge in [-0.3, -0.25) is 0 Å². The zero-order valence-corrected chi connectivity index (χ0v) is 12.1. The van der Waals surface area contributed by atoms with Crippen LogP contribution in [0.2, 0.25) is 0 Å². The largest absolute Gasteiger partial charge is 0.0786 e.